The van der Waals surface area contributed by atoms with E-state index in [1.807, 2.05) is 11.8 Å². The molecule has 8 nitrogen and oxygen atoms in total. The first kappa shape index (κ1) is 17.9. The Balaban J connectivity index is 1.60. The van der Waals surface area contributed by atoms with Crippen molar-refractivity contribution in [1.82, 2.24) is 20.7 Å². The lowest BCUT2D eigenvalue weighted by molar-refractivity contribution is -0.128. The SMILES string of the molecule is Cc1noc(C)c1CC(=O)N[C@@H]1CCC[C@@H](N2CCNC(=O)C2)[C@@H]1O. The number of aliphatic hydroxyl groups excluding tert-OH is 1. The summed E-state index contributed by atoms with van der Waals surface area (Å²) in [6.07, 6.45) is 2.01. The summed E-state index contributed by atoms with van der Waals surface area (Å²) in [5.74, 6) is 0.493. The molecule has 25 heavy (non-hydrogen) atoms. The number of carbonyl (C=O) groups is 2. The number of aromatic nitrogens is 1. The third kappa shape index (κ3) is 4.01. The highest BCUT2D eigenvalue weighted by Gasteiger charge is 2.37. The van der Waals surface area contributed by atoms with Crippen LogP contribution in [0.15, 0.2) is 4.52 Å². The number of aliphatic hydroxyl groups is 1. The molecule has 1 saturated carbocycles. The van der Waals surface area contributed by atoms with Crippen molar-refractivity contribution in [3.8, 4) is 0 Å². The van der Waals surface area contributed by atoms with Gasteiger partial charge in [0, 0.05) is 24.7 Å². The van der Waals surface area contributed by atoms with Gasteiger partial charge in [-0.05, 0) is 33.1 Å². The molecule has 3 rings (SSSR count). The topological polar surface area (TPSA) is 108 Å². The van der Waals surface area contributed by atoms with Crippen molar-refractivity contribution in [3.05, 3.63) is 17.0 Å². The van der Waals surface area contributed by atoms with Crippen molar-refractivity contribution < 1.29 is 19.2 Å². The van der Waals surface area contributed by atoms with Gasteiger partial charge in [-0.25, -0.2) is 0 Å². The van der Waals surface area contributed by atoms with Crippen molar-refractivity contribution in [2.75, 3.05) is 19.6 Å². The fourth-order valence-corrected chi connectivity index (χ4v) is 3.83. The van der Waals surface area contributed by atoms with E-state index in [1.54, 1.807) is 6.92 Å². The highest BCUT2D eigenvalue weighted by atomic mass is 16.5. The van der Waals surface area contributed by atoms with E-state index in [4.69, 9.17) is 4.52 Å². The molecule has 2 heterocycles. The molecule has 1 aromatic rings. The van der Waals surface area contributed by atoms with Gasteiger partial charge in [-0.15, -0.1) is 0 Å². The molecule has 3 N–H and O–H groups in total. The zero-order valence-electron chi connectivity index (χ0n) is 14.7. The van der Waals surface area contributed by atoms with Gasteiger partial charge >= 0.3 is 0 Å². The van der Waals surface area contributed by atoms with Crippen LogP contribution in [-0.2, 0) is 16.0 Å². The predicted octanol–water partition coefficient (Wildman–Crippen LogP) is -0.336. The molecule has 0 spiro atoms. The number of nitrogens with one attached hydrogen (secondary N) is 2. The highest BCUT2D eigenvalue weighted by Crippen LogP contribution is 2.24. The van der Waals surface area contributed by atoms with Crippen LogP contribution in [0.2, 0.25) is 0 Å². The molecule has 2 fully saturated rings. The Hall–Kier alpha value is -1.93. The van der Waals surface area contributed by atoms with Crippen molar-refractivity contribution in [2.24, 2.45) is 0 Å². The lowest BCUT2D eigenvalue weighted by Gasteiger charge is -2.42. The zero-order chi connectivity index (χ0) is 18.0. The maximum atomic E-state index is 12.4. The standard InChI is InChI=1S/C17H26N4O4/c1-10-12(11(2)25-20-10)8-15(22)19-13-4-3-5-14(17(13)24)21-7-6-18-16(23)9-21/h13-14,17,24H,3-9H2,1-2H3,(H,18,23)(H,19,22)/t13-,14-,17-/m1/s1. The van der Waals surface area contributed by atoms with Crippen LogP contribution in [-0.4, -0.2) is 64.8 Å². The first-order valence-electron chi connectivity index (χ1n) is 8.85. The molecule has 1 aromatic heterocycles. The van der Waals surface area contributed by atoms with Crippen LogP contribution in [0, 0.1) is 13.8 Å². The first-order valence-corrected chi connectivity index (χ1v) is 8.85. The summed E-state index contributed by atoms with van der Waals surface area (Å²) in [5.41, 5.74) is 1.51. The molecule has 3 atom stereocenters. The summed E-state index contributed by atoms with van der Waals surface area (Å²) in [4.78, 5) is 26.0. The van der Waals surface area contributed by atoms with E-state index in [1.165, 1.54) is 0 Å². The van der Waals surface area contributed by atoms with E-state index in [0.29, 0.717) is 24.5 Å². The number of amides is 2. The van der Waals surface area contributed by atoms with Gasteiger partial charge in [0.2, 0.25) is 11.8 Å². The Morgan fingerprint density at radius 3 is 2.92 bits per heavy atom. The van der Waals surface area contributed by atoms with Crippen LogP contribution in [0.25, 0.3) is 0 Å². The molecule has 8 heteroatoms. The number of hydrogen-bond acceptors (Lipinski definition) is 6. The van der Waals surface area contributed by atoms with E-state index in [0.717, 1.165) is 31.4 Å². The molecule has 1 aliphatic carbocycles. The molecule has 138 valence electrons. The van der Waals surface area contributed by atoms with Crippen LogP contribution < -0.4 is 10.6 Å². The minimum absolute atomic E-state index is 0.0111. The Morgan fingerprint density at radius 1 is 1.44 bits per heavy atom. The smallest absolute Gasteiger partial charge is 0.234 e. The van der Waals surface area contributed by atoms with Crippen LogP contribution in [0.5, 0.6) is 0 Å². The predicted molar refractivity (Wildman–Crippen MR) is 89.8 cm³/mol. The number of piperazine rings is 1. The largest absolute Gasteiger partial charge is 0.389 e. The third-order valence-corrected chi connectivity index (χ3v) is 5.22. The van der Waals surface area contributed by atoms with E-state index < -0.39 is 6.10 Å². The minimum Gasteiger partial charge on any atom is -0.389 e. The molecular formula is C17H26N4O4. The second-order valence-electron chi connectivity index (χ2n) is 6.96. The molecule has 2 aliphatic rings. The second kappa shape index (κ2) is 7.53. The van der Waals surface area contributed by atoms with Crippen molar-refractivity contribution in [1.29, 1.82) is 0 Å². The van der Waals surface area contributed by atoms with E-state index in [-0.39, 0.29) is 30.3 Å². The maximum absolute atomic E-state index is 12.4. The normalized spacial score (nSPS) is 27.8. The van der Waals surface area contributed by atoms with Gasteiger partial charge in [-0.1, -0.05) is 5.16 Å². The molecule has 2 amide bonds. The maximum Gasteiger partial charge on any atom is 0.234 e. The van der Waals surface area contributed by atoms with Gasteiger partial charge in [0.15, 0.2) is 0 Å². The number of rotatable bonds is 4. The summed E-state index contributed by atoms with van der Waals surface area (Å²) in [6, 6.07) is -0.388. The minimum atomic E-state index is -0.673. The Labute approximate surface area is 146 Å². The summed E-state index contributed by atoms with van der Waals surface area (Å²) in [5, 5.41) is 20.3. The van der Waals surface area contributed by atoms with Gasteiger partial charge in [-0.2, -0.15) is 0 Å². The van der Waals surface area contributed by atoms with Gasteiger partial charge in [0.25, 0.3) is 0 Å². The molecule has 0 radical (unpaired) electrons. The molecule has 0 unspecified atom stereocenters. The van der Waals surface area contributed by atoms with Gasteiger partial charge < -0.3 is 20.3 Å². The molecule has 1 aliphatic heterocycles. The summed E-state index contributed by atoms with van der Waals surface area (Å²) >= 11 is 0. The Morgan fingerprint density at radius 2 is 2.24 bits per heavy atom. The van der Waals surface area contributed by atoms with Gasteiger partial charge in [0.1, 0.15) is 5.76 Å². The molecule has 1 saturated heterocycles. The Bertz CT molecular complexity index is 625. The third-order valence-electron chi connectivity index (χ3n) is 5.22. The van der Waals surface area contributed by atoms with Crippen molar-refractivity contribution in [3.63, 3.8) is 0 Å². The fourth-order valence-electron chi connectivity index (χ4n) is 3.83. The average molecular weight is 350 g/mol. The first-order chi connectivity index (χ1) is 12.0. The van der Waals surface area contributed by atoms with Crippen LogP contribution in [0.4, 0.5) is 0 Å². The summed E-state index contributed by atoms with van der Waals surface area (Å²) in [6.45, 7) is 5.24. The van der Waals surface area contributed by atoms with E-state index in [2.05, 4.69) is 15.8 Å². The van der Waals surface area contributed by atoms with Crippen LogP contribution in [0.3, 0.4) is 0 Å². The Kier molecular flexibility index (Phi) is 5.39. The second-order valence-corrected chi connectivity index (χ2v) is 6.96. The van der Waals surface area contributed by atoms with E-state index >= 15 is 0 Å². The monoisotopic (exact) mass is 350 g/mol. The molecule has 0 aromatic carbocycles. The van der Waals surface area contributed by atoms with Gasteiger partial charge in [-0.3, -0.25) is 14.5 Å². The fraction of sp³-hybridized carbons (Fsp3) is 0.706. The van der Waals surface area contributed by atoms with Crippen molar-refractivity contribution in [2.45, 2.75) is 57.7 Å². The molecular weight excluding hydrogens is 324 g/mol. The quantitative estimate of drug-likeness (QED) is 0.686. The van der Waals surface area contributed by atoms with Crippen LogP contribution >= 0.6 is 0 Å². The lowest BCUT2D eigenvalue weighted by Crippen LogP contribution is -2.60. The van der Waals surface area contributed by atoms with Crippen molar-refractivity contribution >= 4 is 11.8 Å². The lowest BCUT2D eigenvalue weighted by atomic mass is 9.86. The van der Waals surface area contributed by atoms with Gasteiger partial charge in [0.05, 0.1) is 30.8 Å². The summed E-state index contributed by atoms with van der Waals surface area (Å²) < 4.78 is 5.09. The highest BCUT2D eigenvalue weighted by molar-refractivity contribution is 5.79. The molecule has 0 bridgehead atoms. The summed E-state index contributed by atoms with van der Waals surface area (Å²) in [7, 11) is 0. The average Bonchev–Trinajstić information content (AvgIpc) is 2.89. The van der Waals surface area contributed by atoms with Crippen LogP contribution in [0.1, 0.15) is 36.3 Å². The number of carbonyl (C=O) groups excluding carboxylic acids is 2. The number of hydrogen-bond donors (Lipinski definition) is 3. The number of aryl methyl sites for hydroxylation is 2. The zero-order valence-corrected chi connectivity index (χ0v) is 14.7. The van der Waals surface area contributed by atoms with E-state index in [9.17, 15) is 14.7 Å². The number of nitrogens with zero attached hydrogens (tertiary/aromatic N) is 2.